The van der Waals surface area contributed by atoms with Gasteiger partial charge in [0, 0.05) is 0 Å². The summed E-state index contributed by atoms with van der Waals surface area (Å²) in [5.41, 5.74) is 1.08. The number of carboxylic acids is 1. The molecular weight excluding hydrogens is 311 g/mol. The van der Waals surface area contributed by atoms with Crippen molar-refractivity contribution in [3.05, 3.63) is 27.7 Å². The van der Waals surface area contributed by atoms with Crippen molar-refractivity contribution in [1.82, 2.24) is 0 Å². The first-order valence-electron chi connectivity index (χ1n) is 6.76. The smallest absolute Gasteiger partial charge is 0.341 e. The number of carboxylic acid groups (broad SMARTS) is 1. The SMILES string of the molecule is CC(C)(C)CC(C)(C)c1cc(Cl)c(OCC(=O)O)c(Cl)c1. The van der Waals surface area contributed by atoms with Crippen LogP contribution in [0.2, 0.25) is 10.0 Å². The van der Waals surface area contributed by atoms with Crippen LogP contribution in [0.5, 0.6) is 5.75 Å². The van der Waals surface area contributed by atoms with E-state index in [0.29, 0.717) is 10.0 Å². The molecule has 0 unspecified atom stereocenters. The second-order valence-electron chi connectivity index (χ2n) is 7.07. The van der Waals surface area contributed by atoms with Crippen LogP contribution in [0.1, 0.15) is 46.6 Å². The van der Waals surface area contributed by atoms with E-state index in [0.717, 1.165) is 12.0 Å². The van der Waals surface area contributed by atoms with Crippen molar-refractivity contribution in [3.8, 4) is 5.75 Å². The van der Waals surface area contributed by atoms with Crippen LogP contribution in [-0.2, 0) is 10.2 Å². The molecule has 0 saturated carbocycles. The molecule has 0 heterocycles. The Bertz CT molecular complexity index is 508. The zero-order chi connectivity index (χ0) is 16.4. The third-order valence-electron chi connectivity index (χ3n) is 3.09. The van der Waals surface area contributed by atoms with Gasteiger partial charge in [-0.2, -0.15) is 0 Å². The lowest BCUT2D eigenvalue weighted by Gasteiger charge is -2.33. The van der Waals surface area contributed by atoms with Crippen LogP contribution >= 0.6 is 23.2 Å². The Morgan fingerprint density at radius 3 is 2.00 bits per heavy atom. The van der Waals surface area contributed by atoms with Crippen molar-refractivity contribution in [2.24, 2.45) is 5.41 Å². The molecule has 1 aromatic carbocycles. The fourth-order valence-corrected chi connectivity index (χ4v) is 3.25. The highest BCUT2D eigenvalue weighted by molar-refractivity contribution is 6.37. The first-order chi connectivity index (χ1) is 9.42. The van der Waals surface area contributed by atoms with Crippen molar-refractivity contribution >= 4 is 29.2 Å². The Balaban J connectivity index is 3.10. The standard InChI is InChI=1S/C16H22Cl2O3/c1-15(2,3)9-16(4,5)10-6-11(17)14(12(18)7-10)21-8-13(19)20/h6-7H,8-9H2,1-5H3,(H,19,20). The summed E-state index contributed by atoms with van der Waals surface area (Å²) in [5.74, 6) is -0.852. The van der Waals surface area contributed by atoms with Crippen molar-refractivity contribution < 1.29 is 14.6 Å². The quantitative estimate of drug-likeness (QED) is 0.808. The summed E-state index contributed by atoms with van der Waals surface area (Å²) in [6, 6.07) is 3.60. The van der Waals surface area contributed by atoms with E-state index in [1.807, 2.05) is 0 Å². The van der Waals surface area contributed by atoms with Gasteiger partial charge in [0.05, 0.1) is 10.0 Å². The third kappa shape index (κ3) is 5.40. The van der Waals surface area contributed by atoms with Crippen LogP contribution in [0.4, 0.5) is 0 Å². The Morgan fingerprint density at radius 2 is 1.62 bits per heavy atom. The molecule has 0 bridgehead atoms. The van der Waals surface area contributed by atoms with Crippen molar-refractivity contribution in [2.45, 2.75) is 46.5 Å². The predicted octanol–water partition coefficient (Wildman–Crippen LogP) is 5.17. The summed E-state index contributed by atoms with van der Waals surface area (Å²) in [4.78, 5) is 10.6. The first kappa shape index (κ1) is 18.1. The molecule has 118 valence electrons. The lowest BCUT2D eigenvalue weighted by atomic mass is 9.72. The van der Waals surface area contributed by atoms with E-state index in [1.54, 1.807) is 12.1 Å². The molecule has 0 aliphatic carbocycles. The van der Waals surface area contributed by atoms with Gasteiger partial charge in [0.25, 0.3) is 0 Å². The third-order valence-corrected chi connectivity index (χ3v) is 3.65. The lowest BCUT2D eigenvalue weighted by Crippen LogP contribution is -2.25. The molecule has 0 aliphatic heterocycles. The maximum Gasteiger partial charge on any atom is 0.341 e. The highest BCUT2D eigenvalue weighted by Crippen LogP contribution is 2.41. The minimum Gasteiger partial charge on any atom is -0.479 e. The monoisotopic (exact) mass is 332 g/mol. The highest BCUT2D eigenvalue weighted by Gasteiger charge is 2.28. The van der Waals surface area contributed by atoms with Gasteiger partial charge in [-0.05, 0) is 34.9 Å². The molecule has 0 fully saturated rings. The van der Waals surface area contributed by atoms with Crippen LogP contribution in [0, 0.1) is 5.41 Å². The lowest BCUT2D eigenvalue weighted by molar-refractivity contribution is -0.139. The van der Waals surface area contributed by atoms with E-state index in [9.17, 15) is 4.79 Å². The van der Waals surface area contributed by atoms with Gasteiger partial charge in [0.1, 0.15) is 0 Å². The number of rotatable bonds is 5. The van der Waals surface area contributed by atoms with Crippen LogP contribution in [0.3, 0.4) is 0 Å². The number of aliphatic carboxylic acids is 1. The summed E-state index contributed by atoms with van der Waals surface area (Å²) in [6.07, 6.45) is 0.960. The minimum absolute atomic E-state index is 0.100. The molecule has 0 aromatic heterocycles. The summed E-state index contributed by atoms with van der Waals surface area (Å²) in [5, 5.41) is 9.32. The average Bonchev–Trinajstić information content (AvgIpc) is 2.23. The van der Waals surface area contributed by atoms with Crippen molar-refractivity contribution in [1.29, 1.82) is 0 Å². The summed E-state index contributed by atoms with van der Waals surface area (Å²) in [7, 11) is 0. The van der Waals surface area contributed by atoms with Gasteiger partial charge in [0.15, 0.2) is 12.4 Å². The van der Waals surface area contributed by atoms with E-state index in [2.05, 4.69) is 34.6 Å². The van der Waals surface area contributed by atoms with Crippen LogP contribution in [0.15, 0.2) is 12.1 Å². The van der Waals surface area contributed by atoms with E-state index in [1.165, 1.54) is 0 Å². The molecule has 1 N–H and O–H groups in total. The van der Waals surface area contributed by atoms with Gasteiger partial charge in [-0.25, -0.2) is 4.79 Å². The Labute approximate surface area is 136 Å². The van der Waals surface area contributed by atoms with E-state index >= 15 is 0 Å². The molecule has 1 aromatic rings. The molecule has 5 heteroatoms. The topological polar surface area (TPSA) is 46.5 Å². The number of hydrogen-bond acceptors (Lipinski definition) is 2. The van der Waals surface area contributed by atoms with E-state index < -0.39 is 12.6 Å². The van der Waals surface area contributed by atoms with Gasteiger partial charge in [-0.3, -0.25) is 0 Å². The number of ether oxygens (including phenoxy) is 1. The number of benzene rings is 1. The number of halogens is 2. The highest BCUT2D eigenvalue weighted by atomic mass is 35.5. The zero-order valence-electron chi connectivity index (χ0n) is 13.1. The molecule has 0 amide bonds. The minimum atomic E-state index is -1.07. The second-order valence-corrected chi connectivity index (χ2v) is 7.89. The largest absolute Gasteiger partial charge is 0.479 e. The van der Waals surface area contributed by atoms with Crippen molar-refractivity contribution in [3.63, 3.8) is 0 Å². The molecular formula is C16H22Cl2O3. The summed E-state index contributed by atoms with van der Waals surface area (Å²) < 4.78 is 5.13. The van der Waals surface area contributed by atoms with Gasteiger partial charge in [0.2, 0.25) is 0 Å². The van der Waals surface area contributed by atoms with Crippen LogP contribution in [0.25, 0.3) is 0 Å². The van der Waals surface area contributed by atoms with Crippen LogP contribution < -0.4 is 4.74 Å². The maximum atomic E-state index is 10.6. The van der Waals surface area contributed by atoms with Crippen LogP contribution in [-0.4, -0.2) is 17.7 Å². The Morgan fingerprint density at radius 1 is 1.14 bits per heavy atom. The van der Waals surface area contributed by atoms with Gasteiger partial charge in [-0.1, -0.05) is 57.8 Å². The average molecular weight is 333 g/mol. The first-order valence-corrected chi connectivity index (χ1v) is 7.52. The maximum absolute atomic E-state index is 10.6. The zero-order valence-corrected chi connectivity index (χ0v) is 14.6. The molecule has 0 spiro atoms. The number of hydrogen-bond donors (Lipinski definition) is 1. The number of carbonyl (C=O) groups is 1. The van der Waals surface area contributed by atoms with E-state index in [-0.39, 0.29) is 16.6 Å². The fraction of sp³-hybridized carbons (Fsp3) is 0.562. The normalized spacial score (nSPS) is 12.3. The molecule has 3 nitrogen and oxygen atoms in total. The van der Waals surface area contributed by atoms with E-state index in [4.69, 9.17) is 33.0 Å². The molecule has 0 saturated heterocycles. The Kier molecular flexibility index (Phi) is 5.57. The Hall–Kier alpha value is -0.930. The second kappa shape index (κ2) is 6.45. The molecule has 0 radical (unpaired) electrons. The summed E-state index contributed by atoms with van der Waals surface area (Å²) >= 11 is 12.4. The fourth-order valence-electron chi connectivity index (χ4n) is 2.65. The molecule has 21 heavy (non-hydrogen) atoms. The molecule has 0 aliphatic rings. The van der Waals surface area contributed by atoms with Crippen molar-refractivity contribution in [2.75, 3.05) is 6.61 Å². The van der Waals surface area contributed by atoms with Gasteiger partial charge in [-0.15, -0.1) is 0 Å². The van der Waals surface area contributed by atoms with Gasteiger partial charge < -0.3 is 9.84 Å². The molecule has 1 rings (SSSR count). The molecule has 0 atom stereocenters. The predicted molar refractivity (Wildman–Crippen MR) is 86.7 cm³/mol. The van der Waals surface area contributed by atoms with Gasteiger partial charge >= 0.3 is 5.97 Å². The summed E-state index contributed by atoms with van der Waals surface area (Å²) in [6.45, 7) is 10.4.